The Bertz CT molecular complexity index is 1540. The Balaban J connectivity index is 1.67. The number of ketones is 1. The summed E-state index contributed by atoms with van der Waals surface area (Å²) in [7, 11) is 3.11. The number of aromatic nitrogens is 2. The Morgan fingerprint density at radius 3 is 2.42 bits per heavy atom. The molecule has 2 heterocycles. The predicted molar refractivity (Wildman–Crippen MR) is 143 cm³/mol. The fourth-order valence-electron chi connectivity index (χ4n) is 4.48. The largest absolute Gasteiger partial charge is 0.507 e. The molecular formula is C29H27N3O6. The molecule has 38 heavy (non-hydrogen) atoms. The van der Waals surface area contributed by atoms with E-state index in [4.69, 9.17) is 14.2 Å². The van der Waals surface area contributed by atoms with Crippen molar-refractivity contribution in [3.8, 4) is 17.2 Å². The first-order valence-electron chi connectivity index (χ1n) is 12.2. The van der Waals surface area contributed by atoms with Gasteiger partial charge in [-0.1, -0.05) is 31.2 Å². The van der Waals surface area contributed by atoms with Gasteiger partial charge in [0.25, 0.3) is 5.78 Å². The molecule has 4 aromatic rings. The fraction of sp³-hybridized carbons (Fsp3) is 0.207. The molecule has 0 saturated carbocycles. The molecule has 1 amide bonds. The van der Waals surface area contributed by atoms with Crippen molar-refractivity contribution in [1.82, 2.24) is 9.97 Å². The summed E-state index contributed by atoms with van der Waals surface area (Å²) in [6.07, 6.45) is 0.822. The van der Waals surface area contributed by atoms with Crippen molar-refractivity contribution in [3.63, 3.8) is 0 Å². The van der Waals surface area contributed by atoms with Gasteiger partial charge in [-0.25, -0.2) is 4.98 Å². The molecule has 0 bridgehead atoms. The first-order valence-corrected chi connectivity index (χ1v) is 12.2. The third-order valence-electron chi connectivity index (χ3n) is 6.36. The summed E-state index contributed by atoms with van der Waals surface area (Å²) in [5.41, 5.74) is 2.14. The van der Waals surface area contributed by atoms with Gasteiger partial charge in [-0.15, -0.1) is 0 Å². The van der Waals surface area contributed by atoms with E-state index in [1.54, 1.807) is 80.9 Å². The maximum atomic E-state index is 13.5. The highest BCUT2D eigenvalue weighted by Crippen LogP contribution is 2.42. The van der Waals surface area contributed by atoms with Crippen LogP contribution < -0.4 is 19.1 Å². The zero-order valence-electron chi connectivity index (χ0n) is 21.2. The van der Waals surface area contributed by atoms with Crippen LogP contribution in [0.15, 0.2) is 72.3 Å². The molecule has 9 nitrogen and oxygen atoms in total. The van der Waals surface area contributed by atoms with Crippen LogP contribution in [0.5, 0.6) is 17.2 Å². The first-order chi connectivity index (χ1) is 18.4. The average molecular weight is 514 g/mol. The molecule has 5 rings (SSSR count). The predicted octanol–water partition coefficient (Wildman–Crippen LogP) is 5.00. The van der Waals surface area contributed by atoms with Crippen molar-refractivity contribution in [3.05, 3.63) is 83.4 Å². The van der Waals surface area contributed by atoms with Crippen molar-refractivity contribution < 1.29 is 28.9 Å². The van der Waals surface area contributed by atoms with Crippen LogP contribution in [0.3, 0.4) is 0 Å². The molecule has 1 aromatic heterocycles. The number of aliphatic hydroxyl groups excluding tert-OH is 1. The number of anilines is 1. The molecule has 0 aliphatic carbocycles. The molecule has 1 aliphatic rings. The van der Waals surface area contributed by atoms with Gasteiger partial charge in [0.15, 0.2) is 0 Å². The van der Waals surface area contributed by atoms with Crippen molar-refractivity contribution >= 4 is 34.4 Å². The zero-order valence-corrected chi connectivity index (χ0v) is 21.2. The molecule has 1 saturated heterocycles. The lowest BCUT2D eigenvalue weighted by Gasteiger charge is -2.23. The standard InChI is InChI=1S/C29H27N3O6/c1-4-14-38-21-7-5-6-18(15-21)26(33)24-25(17-8-10-19(36-2)11-9-17)32(28(35)27(24)34)29-30-22-13-12-20(37-3)16-23(22)31-29/h5-13,15-16,25,33H,4,14H2,1-3H3,(H,30,31)/b26-24+. The number of ether oxygens (including phenoxy) is 3. The Hall–Kier alpha value is -4.79. The number of rotatable bonds is 8. The molecule has 1 aliphatic heterocycles. The SMILES string of the molecule is CCCOc1cccc(/C(O)=C2\C(=O)C(=O)N(c3nc4ccc(OC)cc4[nH]3)C2c2ccc(OC)cc2)c1. The first kappa shape index (κ1) is 24.9. The minimum Gasteiger partial charge on any atom is -0.507 e. The summed E-state index contributed by atoms with van der Waals surface area (Å²) >= 11 is 0. The lowest BCUT2D eigenvalue weighted by atomic mass is 9.95. The van der Waals surface area contributed by atoms with Crippen molar-refractivity contribution in [2.75, 3.05) is 25.7 Å². The third kappa shape index (κ3) is 4.43. The lowest BCUT2D eigenvalue weighted by Crippen LogP contribution is -2.30. The summed E-state index contributed by atoms with van der Waals surface area (Å²) in [5, 5.41) is 11.4. The number of carbonyl (C=O) groups is 2. The fourth-order valence-corrected chi connectivity index (χ4v) is 4.48. The van der Waals surface area contributed by atoms with E-state index in [1.807, 2.05) is 6.92 Å². The molecule has 1 unspecified atom stereocenters. The lowest BCUT2D eigenvalue weighted by molar-refractivity contribution is -0.132. The number of aromatic amines is 1. The number of nitrogens with one attached hydrogen (secondary N) is 1. The molecule has 1 atom stereocenters. The second-order valence-electron chi connectivity index (χ2n) is 8.76. The number of fused-ring (bicyclic) bond motifs is 1. The monoisotopic (exact) mass is 513 g/mol. The molecule has 9 heteroatoms. The molecule has 1 fully saturated rings. The van der Waals surface area contributed by atoms with Crippen LogP contribution in [0.4, 0.5) is 5.95 Å². The van der Waals surface area contributed by atoms with Crippen LogP contribution in [0, 0.1) is 0 Å². The summed E-state index contributed by atoms with van der Waals surface area (Å²) in [6, 6.07) is 18.1. The number of imidazole rings is 1. The number of hydrogen-bond donors (Lipinski definition) is 2. The molecule has 194 valence electrons. The quantitative estimate of drug-likeness (QED) is 0.194. The smallest absolute Gasteiger partial charge is 0.302 e. The molecule has 0 spiro atoms. The van der Waals surface area contributed by atoms with Crippen LogP contribution in [-0.2, 0) is 9.59 Å². The summed E-state index contributed by atoms with van der Waals surface area (Å²) in [4.78, 5) is 35.9. The molecule has 2 N–H and O–H groups in total. The molecule has 0 radical (unpaired) electrons. The van der Waals surface area contributed by atoms with E-state index in [0.29, 0.717) is 46.0 Å². The van der Waals surface area contributed by atoms with Gasteiger partial charge in [0.1, 0.15) is 23.0 Å². The number of amides is 1. The number of hydrogen-bond acceptors (Lipinski definition) is 7. The Morgan fingerprint density at radius 1 is 0.974 bits per heavy atom. The van der Waals surface area contributed by atoms with Crippen molar-refractivity contribution in [2.45, 2.75) is 19.4 Å². The Kier molecular flexibility index (Phi) is 6.74. The van der Waals surface area contributed by atoms with E-state index in [0.717, 1.165) is 6.42 Å². The van der Waals surface area contributed by atoms with Gasteiger partial charge in [0, 0.05) is 11.6 Å². The van der Waals surface area contributed by atoms with Gasteiger partial charge in [0.2, 0.25) is 5.95 Å². The summed E-state index contributed by atoms with van der Waals surface area (Å²) in [5.74, 6) is 0.0333. The zero-order chi connectivity index (χ0) is 26.8. The van der Waals surface area contributed by atoms with E-state index in [1.165, 1.54) is 4.90 Å². The highest BCUT2D eigenvalue weighted by atomic mass is 16.5. The number of methoxy groups -OCH3 is 2. The summed E-state index contributed by atoms with van der Waals surface area (Å²) < 4.78 is 16.3. The third-order valence-corrected chi connectivity index (χ3v) is 6.36. The van der Waals surface area contributed by atoms with Crippen LogP contribution in [-0.4, -0.2) is 47.6 Å². The van der Waals surface area contributed by atoms with E-state index in [-0.39, 0.29) is 17.3 Å². The number of benzene rings is 3. The number of aliphatic hydroxyl groups is 1. The number of nitrogens with zero attached hydrogens (tertiary/aromatic N) is 2. The van der Waals surface area contributed by atoms with Gasteiger partial charge >= 0.3 is 5.91 Å². The second-order valence-corrected chi connectivity index (χ2v) is 8.76. The van der Waals surface area contributed by atoms with Gasteiger partial charge < -0.3 is 24.3 Å². The van der Waals surface area contributed by atoms with Crippen LogP contribution in [0.1, 0.15) is 30.5 Å². The number of H-pyrrole nitrogens is 1. The van der Waals surface area contributed by atoms with Crippen LogP contribution >= 0.6 is 0 Å². The highest BCUT2D eigenvalue weighted by Gasteiger charge is 2.48. The Morgan fingerprint density at radius 2 is 1.71 bits per heavy atom. The van der Waals surface area contributed by atoms with E-state index < -0.39 is 17.7 Å². The second kappa shape index (κ2) is 10.3. The summed E-state index contributed by atoms with van der Waals surface area (Å²) in [6.45, 7) is 2.51. The van der Waals surface area contributed by atoms with E-state index in [9.17, 15) is 14.7 Å². The van der Waals surface area contributed by atoms with Gasteiger partial charge in [0.05, 0.1) is 43.5 Å². The number of carbonyl (C=O) groups excluding carboxylic acids is 2. The Labute approximate surface area is 219 Å². The minimum atomic E-state index is -0.941. The minimum absolute atomic E-state index is 0.0501. The van der Waals surface area contributed by atoms with Crippen LogP contribution in [0.2, 0.25) is 0 Å². The average Bonchev–Trinajstić information content (AvgIpc) is 3.49. The van der Waals surface area contributed by atoms with Gasteiger partial charge in [-0.3, -0.25) is 14.5 Å². The highest BCUT2D eigenvalue weighted by molar-refractivity contribution is 6.51. The van der Waals surface area contributed by atoms with Crippen molar-refractivity contribution in [2.24, 2.45) is 0 Å². The van der Waals surface area contributed by atoms with Gasteiger partial charge in [-0.2, -0.15) is 0 Å². The number of Topliss-reactive ketones (excluding diaryl/α,β-unsaturated/α-hetero) is 1. The topological polar surface area (TPSA) is 114 Å². The van der Waals surface area contributed by atoms with Crippen molar-refractivity contribution in [1.29, 1.82) is 0 Å². The maximum Gasteiger partial charge on any atom is 0.302 e. The normalized spacial score (nSPS) is 16.7. The van der Waals surface area contributed by atoms with E-state index >= 15 is 0 Å². The van der Waals surface area contributed by atoms with E-state index in [2.05, 4.69) is 9.97 Å². The maximum absolute atomic E-state index is 13.5. The van der Waals surface area contributed by atoms with Gasteiger partial charge in [-0.05, 0) is 48.4 Å². The van der Waals surface area contributed by atoms with Crippen LogP contribution in [0.25, 0.3) is 16.8 Å². The molecular weight excluding hydrogens is 486 g/mol. The molecule has 3 aromatic carbocycles.